The topological polar surface area (TPSA) is 21.3 Å². The summed E-state index contributed by atoms with van der Waals surface area (Å²) in [6.45, 7) is 6.32. The maximum atomic E-state index is 5.73. The first-order chi connectivity index (χ1) is 6.43. The van der Waals surface area contributed by atoms with Crippen LogP contribution in [0, 0.1) is 0 Å². The van der Waals surface area contributed by atoms with Gasteiger partial charge in [0.25, 0.3) is 0 Å². The molecule has 76 valence electrons. The number of rotatable bonds is 6. The fourth-order valence-electron chi connectivity index (χ4n) is 1.73. The third-order valence-electron chi connectivity index (χ3n) is 2.47. The van der Waals surface area contributed by atoms with Gasteiger partial charge in [0, 0.05) is 13.1 Å². The van der Waals surface area contributed by atoms with E-state index < -0.39 is 0 Å². The highest BCUT2D eigenvalue weighted by atomic mass is 16.5. The highest BCUT2D eigenvalue weighted by Crippen LogP contribution is 2.19. The average Bonchev–Trinajstić information content (AvgIpc) is 2.19. The van der Waals surface area contributed by atoms with Gasteiger partial charge in [-0.15, -0.1) is 6.58 Å². The predicted molar refractivity (Wildman–Crippen MR) is 55.9 cm³/mol. The molecule has 1 saturated carbocycles. The van der Waals surface area contributed by atoms with Gasteiger partial charge >= 0.3 is 0 Å². The first-order valence-electron chi connectivity index (χ1n) is 5.36. The van der Waals surface area contributed by atoms with Crippen molar-refractivity contribution in [1.29, 1.82) is 0 Å². The van der Waals surface area contributed by atoms with E-state index in [4.69, 9.17) is 4.74 Å². The van der Waals surface area contributed by atoms with Crippen molar-refractivity contribution in [2.45, 2.75) is 38.2 Å². The smallest absolute Gasteiger partial charge is 0.0594 e. The molecule has 1 N–H and O–H groups in total. The normalized spacial score (nSPS) is 18.8. The Morgan fingerprint density at radius 2 is 2.08 bits per heavy atom. The molecule has 13 heavy (non-hydrogen) atoms. The summed E-state index contributed by atoms with van der Waals surface area (Å²) in [7, 11) is 0. The van der Waals surface area contributed by atoms with Crippen molar-refractivity contribution in [1.82, 2.24) is 5.32 Å². The molecule has 0 unspecified atom stereocenters. The largest absolute Gasteiger partial charge is 0.377 e. The summed E-state index contributed by atoms with van der Waals surface area (Å²) >= 11 is 0. The summed E-state index contributed by atoms with van der Waals surface area (Å²) in [6, 6.07) is 0. The SMILES string of the molecule is C=CCNCCOC1CCCCC1. The molecule has 0 aromatic carbocycles. The summed E-state index contributed by atoms with van der Waals surface area (Å²) in [5.41, 5.74) is 0. The Labute approximate surface area is 81.4 Å². The van der Waals surface area contributed by atoms with Crippen molar-refractivity contribution < 1.29 is 4.74 Å². The highest BCUT2D eigenvalue weighted by molar-refractivity contribution is 4.69. The molecule has 0 radical (unpaired) electrons. The lowest BCUT2D eigenvalue weighted by Crippen LogP contribution is -2.24. The monoisotopic (exact) mass is 183 g/mol. The summed E-state index contributed by atoms with van der Waals surface area (Å²) in [5.74, 6) is 0. The first kappa shape index (κ1) is 10.7. The van der Waals surface area contributed by atoms with E-state index in [9.17, 15) is 0 Å². The Morgan fingerprint density at radius 3 is 2.77 bits per heavy atom. The van der Waals surface area contributed by atoms with Gasteiger partial charge in [-0.3, -0.25) is 0 Å². The molecule has 1 fully saturated rings. The standard InChI is InChI=1S/C11H21NO/c1-2-8-12-9-10-13-11-6-4-3-5-7-11/h2,11-12H,1,3-10H2. The molecule has 0 aromatic rings. The molecule has 0 atom stereocenters. The van der Waals surface area contributed by atoms with Gasteiger partial charge in [-0.25, -0.2) is 0 Å². The second-order valence-corrected chi connectivity index (χ2v) is 3.62. The van der Waals surface area contributed by atoms with E-state index in [-0.39, 0.29) is 0 Å². The summed E-state index contributed by atoms with van der Waals surface area (Å²) in [4.78, 5) is 0. The fraction of sp³-hybridized carbons (Fsp3) is 0.818. The molecular weight excluding hydrogens is 162 g/mol. The molecule has 1 aliphatic rings. The van der Waals surface area contributed by atoms with Crippen molar-refractivity contribution >= 4 is 0 Å². The van der Waals surface area contributed by atoms with Crippen LogP contribution in [0.3, 0.4) is 0 Å². The van der Waals surface area contributed by atoms with Gasteiger partial charge in [0.05, 0.1) is 12.7 Å². The number of nitrogens with one attached hydrogen (secondary N) is 1. The zero-order valence-electron chi connectivity index (χ0n) is 8.43. The van der Waals surface area contributed by atoms with Gasteiger partial charge in [0.15, 0.2) is 0 Å². The Morgan fingerprint density at radius 1 is 1.31 bits per heavy atom. The third-order valence-corrected chi connectivity index (χ3v) is 2.47. The van der Waals surface area contributed by atoms with Gasteiger partial charge in [-0.1, -0.05) is 25.3 Å². The Balaban J connectivity index is 1.89. The Hall–Kier alpha value is -0.340. The minimum absolute atomic E-state index is 0.541. The van der Waals surface area contributed by atoms with E-state index in [1.807, 2.05) is 6.08 Å². The molecule has 1 aliphatic carbocycles. The second kappa shape index (κ2) is 7.10. The number of ether oxygens (including phenoxy) is 1. The van der Waals surface area contributed by atoms with Crippen LogP contribution < -0.4 is 5.32 Å². The number of hydrogen-bond acceptors (Lipinski definition) is 2. The summed E-state index contributed by atoms with van der Waals surface area (Å²) in [5, 5.41) is 3.23. The van der Waals surface area contributed by atoms with Crippen molar-refractivity contribution in [3.8, 4) is 0 Å². The lowest BCUT2D eigenvalue weighted by molar-refractivity contribution is 0.0306. The van der Waals surface area contributed by atoms with Crippen LogP contribution in [0.2, 0.25) is 0 Å². The van der Waals surface area contributed by atoms with Crippen LogP contribution >= 0.6 is 0 Å². The van der Waals surface area contributed by atoms with Crippen molar-refractivity contribution in [3.63, 3.8) is 0 Å². The molecule has 0 bridgehead atoms. The lowest BCUT2D eigenvalue weighted by atomic mass is 9.98. The molecule has 2 heteroatoms. The predicted octanol–water partition coefficient (Wildman–Crippen LogP) is 2.11. The molecule has 0 aliphatic heterocycles. The van der Waals surface area contributed by atoms with E-state index in [1.54, 1.807) is 0 Å². The van der Waals surface area contributed by atoms with Crippen molar-refractivity contribution in [3.05, 3.63) is 12.7 Å². The van der Waals surface area contributed by atoms with Gasteiger partial charge in [0.1, 0.15) is 0 Å². The Bertz CT molecular complexity index is 130. The molecule has 2 nitrogen and oxygen atoms in total. The van der Waals surface area contributed by atoms with E-state index in [0.29, 0.717) is 6.10 Å². The molecule has 0 amide bonds. The number of hydrogen-bond donors (Lipinski definition) is 1. The molecule has 1 rings (SSSR count). The van der Waals surface area contributed by atoms with E-state index >= 15 is 0 Å². The van der Waals surface area contributed by atoms with Crippen molar-refractivity contribution in [2.75, 3.05) is 19.7 Å². The Kier molecular flexibility index (Phi) is 5.87. The highest BCUT2D eigenvalue weighted by Gasteiger charge is 2.12. The third kappa shape index (κ3) is 5.06. The zero-order valence-corrected chi connectivity index (χ0v) is 8.43. The molecule has 0 heterocycles. The summed E-state index contributed by atoms with van der Waals surface area (Å²) in [6.07, 6.45) is 9.05. The fourth-order valence-corrected chi connectivity index (χ4v) is 1.73. The molecule has 0 saturated heterocycles. The zero-order chi connectivity index (χ0) is 9.36. The second-order valence-electron chi connectivity index (χ2n) is 3.62. The van der Waals surface area contributed by atoms with Crippen LogP contribution in [-0.4, -0.2) is 25.8 Å². The van der Waals surface area contributed by atoms with Crippen LogP contribution in [0.5, 0.6) is 0 Å². The van der Waals surface area contributed by atoms with Crippen LogP contribution in [0.4, 0.5) is 0 Å². The maximum Gasteiger partial charge on any atom is 0.0594 e. The van der Waals surface area contributed by atoms with Crippen LogP contribution in [0.1, 0.15) is 32.1 Å². The minimum atomic E-state index is 0.541. The molecular formula is C11H21NO. The van der Waals surface area contributed by atoms with Gasteiger partial charge in [-0.2, -0.15) is 0 Å². The van der Waals surface area contributed by atoms with Crippen LogP contribution in [0.25, 0.3) is 0 Å². The first-order valence-corrected chi connectivity index (χ1v) is 5.36. The minimum Gasteiger partial charge on any atom is -0.377 e. The average molecular weight is 183 g/mol. The van der Waals surface area contributed by atoms with E-state index in [0.717, 1.165) is 19.7 Å². The van der Waals surface area contributed by atoms with Gasteiger partial charge < -0.3 is 10.1 Å². The van der Waals surface area contributed by atoms with Crippen LogP contribution in [-0.2, 0) is 4.74 Å². The van der Waals surface area contributed by atoms with Crippen molar-refractivity contribution in [2.24, 2.45) is 0 Å². The van der Waals surface area contributed by atoms with Crippen LogP contribution in [0.15, 0.2) is 12.7 Å². The molecule has 0 spiro atoms. The lowest BCUT2D eigenvalue weighted by Gasteiger charge is -2.21. The van der Waals surface area contributed by atoms with Gasteiger partial charge in [-0.05, 0) is 12.8 Å². The molecule has 0 aromatic heterocycles. The van der Waals surface area contributed by atoms with E-state index in [1.165, 1.54) is 32.1 Å². The maximum absolute atomic E-state index is 5.73. The van der Waals surface area contributed by atoms with E-state index in [2.05, 4.69) is 11.9 Å². The van der Waals surface area contributed by atoms with Gasteiger partial charge in [0.2, 0.25) is 0 Å². The summed E-state index contributed by atoms with van der Waals surface area (Å²) < 4.78 is 5.73. The quantitative estimate of drug-likeness (QED) is 0.503.